The molecule has 1 heterocycles. The lowest BCUT2D eigenvalue weighted by Crippen LogP contribution is -2.17. The van der Waals surface area contributed by atoms with Crippen LogP contribution in [0.5, 0.6) is 0 Å². The Labute approximate surface area is 196 Å². The summed E-state index contributed by atoms with van der Waals surface area (Å²) in [5.74, 6) is -3.52. The zero-order valence-corrected chi connectivity index (χ0v) is 20.2. The lowest BCUT2D eigenvalue weighted by Gasteiger charge is -2.19. The van der Waals surface area contributed by atoms with E-state index in [1.54, 1.807) is 0 Å². The normalized spacial score (nSPS) is 11.4. The highest BCUT2D eigenvalue weighted by Crippen LogP contribution is 2.41. The maximum absolute atomic E-state index is 14.1. The van der Waals surface area contributed by atoms with Crippen LogP contribution in [0.2, 0.25) is 0 Å². The summed E-state index contributed by atoms with van der Waals surface area (Å²) in [6.07, 6.45) is 0.632. The fourth-order valence-electron chi connectivity index (χ4n) is 3.46. The van der Waals surface area contributed by atoms with Gasteiger partial charge in [0.2, 0.25) is 0 Å². The molecule has 7 heteroatoms. The summed E-state index contributed by atoms with van der Waals surface area (Å²) in [7, 11) is 0. The number of hydrogen-bond acceptors (Lipinski definition) is 4. The molecular formula is C26H27F2NO3S. The van der Waals surface area contributed by atoms with E-state index in [0.717, 1.165) is 39.5 Å². The van der Waals surface area contributed by atoms with Crippen molar-refractivity contribution in [3.05, 3.63) is 75.7 Å². The summed E-state index contributed by atoms with van der Waals surface area (Å²) in [5.41, 5.74) is 2.00. The van der Waals surface area contributed by atoms with Crippen molar-refractivity contribution >= 4 is 28.2 Å². The van der Waals surface area contributed by atoms with Crippen LogP contribution in [0.4, 0.5) is 13.8 Å². The molecule has 1 amide bonds. The van der Waals surface area contributed by atoms with E-state index >= 15 is 0 Å². The average molecular weight is 472 g/mol. The van der Waals surface area contributed by atoms with Crippen LogP contribution in [0, 0.1) is 18.6 Å². The number of carbonyl (C=O) groups is 2. The Kier molecular flexibility index (Phi) is 7.32. The summed E-state index contributed by atoms with van der Waals surface area (Å²) in [6.45, 7) is 10.3. The topological polar surface area (TPSA) is 55.4 Å². The number of aryl methyl sites for hydroxylation is 1. The van der Waals surface area contributed by atoms with E-state index in [1.807, 2.05) is 38.1 Å². The number of halogens is 2. The summed E-state index contributed by atoms with van der Waals surface area (Å²) < 4.78 is 33.6. The summed E-state index contributed by atoms with van der Waals surface area (Å²) in [5, 5.41) is 2.72. The van der Waals surface area contributed by atoms with E-state index in [4.69, 9.17) is 4.74 Å². The van der Waals surface area contributed by atoms with Gasteiger partial charge >= 0.3 is 5.97 Å². The Hall–Kier alpha value is -3.06. The van der Waals surface area contributed by atoms with Gasteiger partial charge in [0, 0.05) is 10.4 Å². The molecule has 0 saturated carbocycles. The van der Waals surface area contributed by atoms with Crippen LogP contribution < -0.4 is 5.32 Å². The molecule has 0 spiro atoms. The molecule has 0 fully saturated rings. The van der Waals surface area contributed by atoms with Gasteiger partial charge < -0.3 is 10.1 Å². The maximum Gasteiger partial charge on any atom is 0.341 e. The first-order valence-corrected chi connectivity index (χ1v) is 11.5. The fraction of sp³-hybridized carbons (Fsp3) is 0.308. The number of nitrogens with one attached hydrogen (secondary N) is 1. The van der Waals surface area contributed by atoms with Crippen LogP contribution in [0.3, 0.4) is 0 Å². The highest BCUT2D eigenvalue weighted by molar-refractivity contribution is 7.17. The van der Waals surface area contributed by atoms with Crippen molar-refractivity contribution < 1.29 is 23.1 Å². The molecular weight excluding hydrogens is 444 g/mol. The van der Waals surface area contributed by atoms with Gasteiger partial charge in [-0.2, -0.15) is 0 Å². The van der Waals surface area contributed by atoms with Crippen LogP contribution in [0.25, 0.3) is 11.1 Å². The Balaban J connectivity index is 2.08. The molecule has 0 saturated heterocycles. The predicted molar refractivity (Wildman–Crippen MR) is 128 cm³/mol. The van der Waals surface area contributed by atoms with Gasteiger partial charge in [-0.15, -0.1) is 11.3 Å². The van der Waals surface area contributed by atoms with Crippen molar-refractivity contribution in [3.63, 3.8) is 0 Å². The third-order valence-electron chi connectivity index (χ3n) is 5.18. The Morgan fingerprint density at radius 1 is 1.00 bits per heavy atom. The minimum Gasteiger partial charge on any atom is -0.462 e. The molecule has 3 rings (SSSR count). The van der Waals surface area contributed by atoms with Crippen LogP contribution in [0.15, 0.2) is 42.5 Å². The van der Waals surface area contributed by atoms with Crippen molar-refractivity contribution in [2.24, 2.45) is 0 Å². The van der Waals surface area contributed by atoms with E-state index in [-0.39, 0.29) is 22.6 Å². The quantitative estimate of drug-likeness (QED) is 0.390. The number of esters is 1. The van der Waals surface area contributed by atoms with Gasteiger partial charge in [0.15, 0.2) is 0 Å². The van der Waals surface area contributed by atoms with Crippen LogP contribution >= 0.6 is 11.3 Å². The number of carbonyl (C=O) groups excluding carboxylic acids is 2. The lowest BCUT2D eigenvalue weighted by molar-refractivity contribution is 0.0507. The molecule has 2 aromatic carbocycles. The third-order valence-corrected chi connectivity index (χ3v) is 6.20. The largest absolute Gasteiger partial charge is 0.462 e. The van der Waals surface area contributed by atoms with Gasteiger partial charge in [-0.1, -0.05) is 58.0 Å². The highest BCUT2D eigenvalue weighted by atomic mass is 32.1. The number of ether oxygens (including phenoxy) is 1. The molecule has 1 N–H and O–H groups in total. The lowest BCUT2D eigenvalue weighted by atomic mass is 9.86. The number of benzene rings is 2. The second-order valence-corrected chi connectivity index (χ2v) is 9.98. The first-order valence-electron chi connectivity index (χ1n) is 10.7. The summed E-state index contributed by atoms with van der Waals surface area (Å²) in [4.78, 5) is 26.5. The summed E-state index contributed by atoms with van der Waals surface area (Å²) in [6, 6.07) is 11.1. The van der Waals surface area contributed by atoms with E-state index < -0.39 is 29.1 Å². The molecule has 4 nitrogen and oxygen atoms in total. The number of amides is 1. The minimum absolute atomic E-state index is 0.0337. The number of rotatable bonds is 6. The fourth-order valence-corrected chi connectivity index (χ4v) is 4.52. The first kappa shape index (κ1) is 24.6. The third kappa shape index (κ3) is 5.30. The Bertz CT molecular complexity index is 1160. The molecule has 33 heavy (non-hydrogen) atoms. The molecule has 3 aromatic rings. The van der Waals surface area contributed by atoms with Crippen molar-refractivity contribution in [1.29, 1.82) is 0 Å². The summed E-state index contributed by atoms with van der Waals surface area (Å²) >= 11 is 1.16. The van der Waals surface area contributed by atoms with Crippen LogP contribution in [-0.2, 0) is 10.2 Å². The van der Waals surface area contributed by atoms with Crippen LogP contribution in [-0.4, -0.2) is 18.5 Å². The van der Waals surface area contributed by atoms with E-state index in [0.29, 0.717) is 12.0 Å². The van der Waals surface area contributed by atoms with Crippen molar-refractivity contribution in [2.45, 2.75) is 46.5 Å². The molecule has 174 valence electrons. The maximum atomic E-state index is 14.1. The molecule has 0 bridgehead atoms. The SMILES string of the molecule is CCCOC(=O)c1c(NC(=O)c2c(F)cccc2F)sc(C)c1-c1ccc(C(C)(C)C)cc1. The number of thiophene rings is 1. The number of hydrogen-bond donors (Lipinski definition) is 1. The zero-order chi connectivity index (χ0) is 24.3. The van der Waals surface area contributed by atoms with Gasteiger partial charge in [-0.05, 0) is 42.0 Å². The number of anilines is 1. The standard InChI is InChI=1S/C26H27F2NO3S/c1-6-14-32-25(31)22-20(16-10-12-17(13-11-16)26(3,4)5)15(2)33-24(22)29-23(30)21-18(27)8-7-9-19(21)28/h7-13H,6,14H2,1-5H3,(H,29,30). The van der Waals surface area contributed by atoms with Crippen LogP contribution in [0.1, 0.15) is 65.3 Å². The van der Waals surface area contributed by atoms with Gasteiger partial charge in [-0.25, -0.2) is 13.6 Å². The molecule has 0 unspecified atom stereocenters. The zero-order valence-electron chi connectivity index (χ0n) is 19.3. The molecule has 0 aliphatic carbocycles. The molecule has 0 radical (unpaired) electrons. The first-order chi connectivity index (χ1) is 15.5. The predicted octanol–water partition coefficient (Wildman–Crippen LogP) is 7.12. The molecule has 1 aromatic heterocycles. The van der Waals surface area contributed by atoms with Crippen molar-refractivity contribution in [3.8, 4) is 11.1 Å². The van der Waals surface area contributed by atoms with E-state index in [2.05, 4.69) is 26.1 Å². The highest BCUT2D eigenvalue weighted by Gasteiger charge is 2.27. The molecule has 0 aliphatic heterocycles. The molecule has 0 atom stereocenters. The van der Waals surface area contributed by atoms with Gasteiger partial charge in [-0.3, -0.25) is 4.79 Å². The van der Waals surface area contributed by atoms with Crippen molar-refractivity contribution in [2.75, 3.05) is 11.9 Å². The monoisotopic (exact) mass is 471 g/mol. The second-order valence-electron chi connectivity index (χ2n) is 8.75. The Morgan fingerprint density at radius 3 is 2.15 bits per heavy atom. The second kappa shape index (κ2) is 9.83. The minimum atomic E-state index is -0.978. The van der Waals surface area contributed by atoms with E-state index in [1.165, 1.54) is 6.07 Å². The molecule has 0 aliphatic rings. The average Bonchev–Trinajstić information content (AvgIpc) is 3.06. The van der Waals surface area contributed by atoms with Crippen molar-refractivity contribution in [1.82, 2.24) is 0 Å². The Morgan fingerprint density at radius 2 is 1.61 bits per heavy atom. The van der Waals surface area contributed by atoms with E-state index in [9.17, 15) is 18.4 Å². The van der Waals surface area contributed by atoms with Gasteiger partial charge in [0.1, 0.15) is 27.8 Å². The van der Waals surface area contributed by atoms with Gasteiger partial charge in [0.25, 0.3) is 5.91 Å². The van der Waals surface area contributed by atoms with Gasteiger partial charge in [0.05, 0.1) is 6.61 Å². The smallest absolute Gasteiger partial charge is 0.341 e.